The van der Waals surface area contributed by atoms with E-state index in [0.29, 0.717) is 6.06 Å². The summed E-state index contributed by atoms with van der Waals surface area (Å²) >= 11 is 0. The van der Waals surface area contributed by atoms with Crippen LogP contribution in [0.15, 0.2) is 218 Å². The van der Waals surface area contributed by atoms with Crippen LogP contribution >= 0.6 is 9.24 Å². The van der Waals surface area contributed by atoms with Crippen LogP contribution in [0.4, 0.5) is 0 Å². The van der Waals surface area contributed by atoms with E-state index in [-0.39, 0.29) is 31.6 Å². The van der Waals surface area contributed by atoms with Crippen molar-refractivity contribution in [3.05, 3.63) is 224 Å². The van der Waals surface area contributed by atoms with Crippen molar-refractivity contribution < 1.29 is 30.0 Å². The van der Waals surface area contributed by atoms with Gasteiger partial charge in [-0.3, -0.25) is 4.79 Å². The summed E-state index contributed by atoms with van der Waals surface area (Å²) in [5.74, 6) is -0.0625. The molecule has 11 rings (SSSR count). The molecule has 0 aliphatic heterocycles. The molecule has 0 saturated heterocycles. The van der Waals surface area contributed by atoms with E-state index in [2.05, 4.69) is 187 Å². The number of fused-ring (bicyclic) bond motifs is 7. The Kier molecular flexibility index (Phi) is 15.4. The molecule has 1 N–H and O–H groups in total. The van der Waals surface area contributed by atoms with Crippen LogP contribution in [0.3, 0.4) is 0 Å². The average molecular weight is 1040 g/mol. The molecule has 0 bridgehead atoms. The van der Waals surface area contributed by atoms with Crippen molar-refractivity contribution in [3.8, 4) is 33.8 Å². The minimum atomic E-state index is -0.125. The molecule has 0 spiro atoms. The van der Waals surface area contributed by atoms with E-state index in [9.17, 15) is 4.79 Å². The van der Waals surface area contributed by atoms with Crippen LogP contribution in [-0.2, 0) is 24.9 Å². The molecule has 0 aliphatic carbocycles. The van der Waals surface area contributed by atoms with Gasteiger partial charge in [0, 0.05) is 65.3 Å². The van der Waals surface area contributed by atoms with Gasteiger partial charge in [-0.1, -0.05) is 127 Å². The maximum absolute atomic E-state index is 10.0. The quantitative estimate of drug-likeness (QED) is 0.0614. The third-order valence-corrected chi connectivity index (χ3v) is 10.8. The van der Waals surface area contributed by atoms with Crippen LogP contribution in [0.2, 0.25) is 0 Å². The molecule has 1 atom stereocenters. The summed E-state index contributed by atoms with van der Waals surface area (Å²) < 4.78 is 4.72. The fraction of sp³-hybridized carbons (Fsp3) is 0.0526. The van der Waals surface area contributed by atoms with E-state index in [1.54, 1.807) is 0 Å². The van der Waals surface area contributed by atoms with Crippen LogP contribution in [-0.4, -0.2) is 38.9 Å². The molecule has 5 nitrogen and oxygen atoms in total. The minimum Gasteiger partial charge on any atom is -0.512 e. The number of benzene rings is 8. The van der Waals surface area contributed by atoms with Gasteiger partial charge in [-0.05, 0) is 96.0 Å². The van der Waals surface area contributed by atoms with Gasteiger partial charge in [-0.15, -0.1) is 45.1 Å². The smallest absolute Gasteiger partial charge is 0.155 e. The third-order valence-electron chi connectivity index (χ3n) is 10.8. The van der Waals surface area contributed by atoms with Gasteiger partial charge < -0.3 is 19.2 Å². The molecule has 0 amide bonds. The molecule has 11 aromatic rings. The molecule has 8 heteroatoms. The predicted molar refractivity (Wildman–Crippen MR) is 274 cm³/mol. The van der Waals surface area contributed by atoms with Crippen LogP contribution in [0, 0.1) is 6.07 Å². The summed E-state index contributed by atoms with van der Waals surface area (Å²) in [5, 5.41) is 15.9. The first kappa shape index (κ1) is 46.1. The van der Waals surface area contributed by atoms with Crippen LogP contribution in [0.5, 0.6) is 0 Å². The fourth-order valence-corrected chi connectivity index (χ4v) is 8.18. The van der Waals surface area contributed by atoms with Gasteiger partial charge >= 0.3 is 0 Å². The maximum Gasteiger partial charge on any atom is 0.155 e. The summed E-state index contributed by atoms with van der Waals surface area (Å²) in [7, 11) is 7.17. The minimum absolute atomic E-state index is 0. The average Bonchev–Trinajstić information content (AvgIpc) is 3.85. The molecule has 3 aromatic heterocycles. The van der Waals surface area contributed by atoms with Crippen molar-refractivity contribution in [3.63, 3.8) is 0 Å². The van der Waals surface area contributed by atoms with Gasteiger partial charge in [0.25, 0.3) is 0 Å². The zero-order chi connectivity index (χ0) is 44.4. The zero-order valence-corrected chi connectivity index (χ0v) is 39.6. The second-order valence-corrected chi connectivity index (χ2v) is 15.6. The Morgan fingerprint density at radius 2 is 0.954 bits per heavy atom. The van der Waals surface area contributed by atoms with Gasteiger partial charge in [0.05, 0.1) is 35.7 Å². The fourth-order valence-electron chi connectivity index (χ4n) is 8.18. The normalized spacial score (nSPS) is 10.9. The summed E-state index contributed by atoms with van der Waals surface area (Å²) in [4.78, 5) is 14.5. The summed E-state index contributed by atoms with van der Waals surface area (Å²) in [6, 6.07) is 74.5. The van der Waals surface area contributed by atoms with Crippen molar-refractivity contribution in [1.82, 2.24) is 14.1 Å². The van der Waals surface area contributed by atoms with E-state index in [1.807, 2.05) is 48.7 Å². The molecule has 3 heterocycles. The van der Waals surface area contributed by atoms with Crippen molar-refractivity contribution in [1.29, 1.82) is 0 Å². The molecular weight excluding hydrogens is 993 g/mol. The van der Waals surface area contributed by atoms with Gasteiger partial charge in [0.15, 0.2) is 5.78 Å². The standard InChI is InChI=1S/C36H24N2.C15H10N.C5H8O2.CH4BP.Ir/c1-5-13-33-29(9-1)30-10-2-6-14-34(30)37(33)27-21-17-25(18-22-27)26-19-23-28(24-20-26)38-35-15-7-3-11-31(35)32-12-4-8-16-36(32)38;1-2-7-13(8-3-1)15-14-9-5-4-6-12(14)10-11-16-15;1-4(6)3-5(2)7;2-1-3;/h1-24H;1-7,9-11H;3,6H,1-2H3;1,3H2;/q;-1;;;. The molecule has 8 aromatic carbocycles. The first-order valence-electron chi connectivity index (χ1n) is 21.1. The molecule has 0 fully saturated rings. The number of hydrogen-bond donors (Lipinski definition) is 1. The second-order valence-electron chi connectivity index (χ2n) is 15.1. The number of pyridine rings is 1. The molecule has 65 heavy (non-hydrogen) atoms. The molecule has 319 valence electrons. The zero-order valence-electron chi connectivity index (χ0n) is 36.1. The number of nitrogens with zero attached hydrogens (tertiary/aromatic N) is 3. The Labute approximate surface area is 397 Å². The molecular formula is C57H46BIrN3O2P-. The van der Waals surface area contributed by atoms with Crippen LogP contribution in [0.1, 0.15) is 13.8 Å². The van der Waals surface area contributed by atoms with Gasteiger partial charge in [-0.2, -0.15) is 0 Å². The molecule has 0 aliphatic rings. The number of carbonyl (C=O) groups excluding carboxylic acids is 1. The number of aromatic nitrogens is 3. The van der Waals surface area contributed by atoms with Crippen molar-refractivity contribution >= 4 is 77.3 Å². The molecule has 3 radical (unpaired) electrons. The number of ketones is 1. The number of hydrogen-bond acceptors (Lipinski definition) is 3. The van der Waals surface area contributed by atoms with E-state index in [4.69, 9.17) is 13.0 Å². The Bertz CT molecular complexity index is 3110. The molecule has 1 unspecified atom stereocenters. The van der Waals surface area contributed by atoms with Crippen molar-refractivity contribution in [2.24, 2.45) is 0 Å². The Hall–Kier alpha value is -6.88. The maximum atomic E-state index is 10.0. The monoisotopic (exact) mass is 1040 g/mol. The number of rotatable bonds is 5. The van der Waals surface area contributed by atoms with E-state index in [0.717, 1.165) is 11.3 Å². The first-order chi connectivity index (χ1) is 31.4. The van der Waals surface area contributed by atoms with Crippen LogP contribution < -0.4 is 0 Å². The van der Waals surface area contributed by atoms with Crippen molar-refractivity contribution in [2.75, 3.05) is 6.06 Å². The van der Waals surface area contributed by atoms with E-state index in [1.165, 1.54) is 96.8 Å². The van der Waals surface area contributed by atoms with Gasteiger partial charge in [0.2, 0.25) is 0 Å². The Morgan fingerprint density at radius 1 is 0.569 bits per heavy atom. The predicted octanol–water partition coefficient (Wildman–Crippen LogP) is 14.3. The topological polar surface area (TPSA) is 60.0 Å². The van der Waals surface area contributed by atoms with E-state index >= 15 is 0 Å². The number of aliphatic hydroxyl groups is 1. The summed E-state index contributed by atoms with van der Waals surface area (Å²) in [6.45, 7) is 2.85. The van der Waals surface area contributed by atoms with Crippen molar-refractivity contribution in [2.45, 2.75) is 13.8 Å². The number of allylic oxidation sites excluding steroid dienone is 2. The SMILES string of the molecule is CC(=O)C=C(C)O.[B]CP.[Ir].[c-]1ccccc1-c1nccc2ccccc12.c1ccc2c(c1)c1ccccc1n2-c1ccc(-c2ccc(-n3c4ccccc4c4ccccc43)cc2)cc1. The Morgan fingerprint density at radius 3 is 1.32 bits per heavy atom. The Balaban J connectivity index is 0.000000193. The summed E-state index contributed by atoms with van der Waals surface area (Å²) in [5.41, 5.74) is 11.7. The third kappa shape index (κ3) is 10.3. The number of para-hydroxylation sites is 4. The number of aliphatic hydroxyl groups excluding tert-OH is 1. The largest absolute Gasteiger partial charge is 0.512 e. The number of carbonyl (C=O) groups is 1. The van der Waals surface area contributed by atoms with Gasteiger partial charge in [-0.25, -0.2) is 0 Å². The first-order valence-corrected chi connectivity index (χ1v) is 21.9. The second kappa shape index (κ2) is 21.7. The van der Waals surface area contributed by atoms with Gasteiger partial charge in [0.1, 0.15) is 0 Å². The van der Waals surface area contributed by atoms with E-state index < -0.39 is 0 Å². The summed E-state index contributed by atoms with van der Waals surface area (Å²) in [6.07, 6.45) is 3.01. The van der Waals surface area contributed by atoms with Crippen LogP contribution in [0.25, 0.3) is 88.1 Å². The molecule has 0 saturated carbocycles.